The smallest absolute Gasteiger partial charge is 0.199 e. The number of hydrogen-bond donors (Lipinski definition) is 0. The van der Waals surface area contributed by atoms with Gasteiger partial charge in [0.05, 0.1) is 0 Å². The second kappa shape index (κ2) is 8.23. The van der Waals surface area contributed by atoms with Crippen molar-refractivity contribution in [2.75, 3.05) is 14.1 Å². The summed E-state index contributed by atoms with van der Waals surface area (Å²) in [6.45, 7) is 0. The van der Waals surface area contributed by atoms with Gasteiger partial charge in [-0.25, -0.2) is 4.58 Å². The first kappa shape index (κ1) is 19.3. The first-order chi connectivity index (χ1) is 15.2. The Kier molecular flexibility index (Phi) is 5.13. The van der Waals surface area contributed by atoms with Crippen molar-refractivity contribution < 1.29 is 9.31 Å². The summed E-state index contributed by atoms with van der Waals surface area (Å²) in [4.78, 5) is 0. The molecule has 31 heavy (non-hydrogen) atoms. The van der Waals surface area contributed by atoms with Crippen LogP contribution in [0.2, 0.25) is 0 Å². The van der Waals surface area contributed by atoms with E-state index >= 15 is 0 Å². The summed E-state index contributed by atoms with van der Waals surface area (Å²) >= 11 is 0. The zero-order valence-electron chi connectivity index (χ0n) is 18.0. The van der Waals surface area contributed by atoms with Crippen molar-refractivity contribution in [2.24, 2.45) is 0 Å². The Morgan fingerprint density at radius 3 is 1.94 bits per heavy atom. The van der Waals surface area contributed by atoms with Gasteiger partial charge in [-0.1, -0.05) is 66.7 Å². The molecule has 3 aliphatic rings. The first-order valence-corrected chi connectivity index (χ1v) is 10.8. The fraction of sp³-hybridized carbons (Fsp3) is 0.138. The molecule has 0 aromatic heterocycles. The summed E-state index contributed by atoms with van der Waals surface area (Å²) in [5, 5.41) is 0. The summed E-state index contributed by atoms with van der Waals surface area (Å²) in [6, 6.07) is 20.6. The van der Waals surface area contributed by atoms with Gasteiger partial charge in [0.15, 0.2) is 5.71 Å². The van der Waals surface area contributed by atoms with E-state index in [0.717, 1.165) is 35.5 Å². The molecular weight excluding hydrogens is 378 g/mol. The highest BCUT2D eigenvalue weighted by Gasteiger charge is 2.22. The predicted molar refractivity (Wildman–Crippen MR) is 129 cm³/mol. The van der Waals surface area contributed by atoms with E-state index in [1.165, 1.54) is 28.0 Å². The monoisotopic (exact) mass is 404 g/mol. The summed E-state index contributed by atoms with van der Waals surface area (Å²) in [7, 11) is 4.19. The van der Waals surface area contributed by atoms with Crippen molar-refractivity contribution in [3.63, 3.8) is 0 Å². The molecule has 1 heterocycles. The molecule has 1 aliphatic heterocycles. The lowest BCUT2D eigenvalue weighted by molar-refractivity contribution is -0.462. The molecule has 0 amide bonds. The van der Waals surface area contributed by atoms with Crippen LogP contribution in [0.5, 0.6) is 0 Å². The minimum absolute atomic E-state index is 0.884. The first-order valence-electron chi connectivity index (χ1n) is 10.8. The van der Waals surface area contributed by atoms with Crippen LogP contribution in [0.3, 0.4) is 0 Å². The van der Waals surface area contributed by atoms with E-state index in [1.807, 2.05) is 36.4 Å². The maximum atomic E-state index is 6.33. The lowest BCUT2D eigenvalue weighted by Gasteiger charge is -2.19. The largest absolute Gasteiger partial charge is 0.456 e. The van der Waals surface area contributed by atoms with Gasteiger partial charge in [0, 0.05) is 23.3 Å². The lowest BCUT2D eigenvalue weighted by atomic mass is 9.98. The normalized spacial score (nSPS) is 17.5. The molecule has 0 fully saturated rings. The molecule has 0 unspecified atom stereocenters. The SMILES string of the molecule is C[N+](C)=C1C=CC2=C(C=C3C=C(c4ccccc4)OC(c4ccccc4)=C3)CCC2=C1. The molecular formula is C29H26NO+. The van der Waals surface area contributed by atoms with Crippen LogP contribution in [0, 0.1) is 0 Å². The van der Waals surface area contributed by atoms with E-state index in [4.69, 9.17) is 4.74 Å². The molecule has 2 nitrogen and oxygen atoms in total. The third-order valence-corrected chi connectivity index (χ3v) is 5.89. The number of ether oxygens (including phenoxy) is 1. The minimum atomic E-state index is 0.884. The molecule has 0 bridgehead atoms. The van der Waals surface area contributed by atoms with Crippen LogP contribution in [0.15, 0.2) is 119 Å². The number of benzene rings is 2. The number of hydrogen-bond acceptors (Lipinski definition) is 1. The maximum absolute atomic E-state index is 6.33. The van der Waals surface area contributed by atoms with Crippen LogP contribution < -0.4 is 0 Å². The number of allylic oxidation sites excluding steroid dienone is 10. The third-order valence-electron chi connectivity index (χ3n) is 5.89. The molecule has 0 saturated heterocycles. The molecule has 0 radical (unpaired) electrons. The molecule has 2 aromatic carbocycles. The molecule has 5 rings (SSSR count). The van der Waals surface area contributed by atoms with Gasteiger partial charge in [0.1, 0.15) is 25.6 Å². The van der Waals surface area contributed by atoms with Gasteiger partial charge in [-0.2, -0.15) is 0 Å². The van der Waals surface area contributed by atoms with Gasteiger partial charge in [-0.15, -0.1) is 0 Å². The number of rotatable bonds is 3. The van der Waals surface area contributed by atoms with Gasteiger partial charge < -0.3 is 4.74 Å². The van der Waals surface area contributed by atoms with E-state index in [1.54, 1.807) is 0 Å². The average molecular weight is 405 g/mol. The molecule has 0 N–H and O–H groups in total. The topological polar surface area (TPSA) is 12.2 Å². The zero-order chi connectivity index (χ0) is 21.2. The maximum Gasteiger partial charge on any atom is 0.199 e. The summed E-state index contributed by atoms with van der Waals surface area (Å²) < 4.78 is 8.50. The summed E-state index contributed by atoms with van der Waals surface area (Å²) in [5.41, 5.74) is 8.80. The Hall–Kier alpha value is -3.65. The molecule has 2 heteroatoms. The fourth-order valence-corrected chi connectivity index (χ4v) is 4.23. The predicted octanol–water partition coefficient (Wildman–Crippen LogP) is 6.32. The van der Waals surface area contributed by atoms with Gasteiger partial charge in [-0.3, -0.25) is 0 Å². The number of nitrogens with zero attached hydrogens (tertiary/aromatic N) is 1. The second-order valence-electron chi connectivity index (χ2n) is 8.26. The Morgan fingerprint density at radius 1 is 0.742 bits per heavy atom. The van der Waals surface area contributed by atoms with Crippen LogP contribution >= 0.6 is 0 Å². The molecule has 2 aromatic rings. The molecule has 2 aliphatic carbocycles. The Labute approximate surface area is 184 Å². The van der Waals surface area contributed by atoms with Crippen LogP contribution in [0.25, 0.3) is 11.5 Å². The van der Waals surface area contributed by atoms with E-state index in [-0.39, 0.29) is 0 Å². The highest BCUT2D eigenvalue weighted by atomic mass is 16.5. The van der Waals surface area contributed by atoms with Gasteiger partial charge in [0.25, 0.3) is 0 Å². The van der Waals surface area contributed by atoms with Gasteiger partial charge in [-0.05, 0) is 53.4 Å². The Balaban J connectivity index is 1.57. The second-order valence-corrected chi connectivity index (χ2v) is 8.26. The van der Waals surface area contributed by atoms with Gasteiger partial charge >= 0.3 is 0 Å². The zero-order valence-corrected chi connectivity index (χ0v) is 18.0. The fourth-order valence-electron chi connectivity index (χ4n) is 4.23. The lowest BCUT2D eigenvalue weighted by Crippen LogP contribution is -2.11. The van der Waals surface area contributed by atoms with Crippen molar-refractivity contribution in [1.29, 1.82) is 0 Å². The number of fused-ring (bicyclic) bond motifs is 1. The average Bonchev–Trinajstić information content (AvgIpc) is 3.22. The van der Waals surface area contributed by atoms with Crippen molar-refractivity contribution >= 4 is 17.2 Å². The molecule has 0 spiro atoms. The van der Waals surface area contributed by atoms with E-state index < -0.39 is 0 Å². The van der Waals surface area contributed by atoms with Crippen molar-refractivity contribution in [1.82, 2.24) is 0 Å². The van der Waals surface area contributed by atoms with Gasteiger partial charge in [0.2, 0.25) is 0 Å². The third kappa shape index (κ3) is 4.02. The van der Waals surface area contributed by atoms with Crippen molar-refractivity contribution in [2.45, 2.75) is 12.8 Å². The Bertz CT molecular complexity index is 1170. The van der Waals surface area contributed by atoms with E-state index in [9.17, 15) is 0 Å². The van der Waals surface area contributed by atoms with Crippen molar-refractivity contribution in [3.8, 4) is 0 Å². The van der Waals surface area contributed by atoms with Crippen LogP contribution in [0.1, 0.15) is 24.0 Å². The van der Waals surface area contributed by atoms with Crippen LogP contribution in [-0.2, 0) is 4.74 Å². The quantitative estimate of drug-likeness (QED) is 0.545. The van der Waals surface area contributed by atoms with Crippen molar-refractivity contribution in [3.05, 3.63) is 131 Å². The van der Waals surface area contributed by atoms with Crippen LogP contribution in [0.4, 0.5) is 0 Å². The minimum Gasteiger partial charge on any atom is -0.456 e. The summed E-state index contributed by atoms with van der Waals surface area (Å²) in [6.07, 6.45) is 15.6. The Morgan fingerprint density at radius 2 is 1.35 bits per heavy atom. The molecule has 0 saturated carbocycles. The summed E-state index contributed by atoms with van der Waals surface area (Å²) in [5.74, 6) is 1.77. The van der Waals surface area contributed by atoms with E-state index in [0.29, 0.717) is 0 Å². The highest BCUT2D eigenvalue weighted by molar-refractivity contribution is 6.03. The highest BCUT2D eigenvalue weighted by Crippen LogP contribution is 2.38. The molecule has 0 atom stereocenters. The van der Waals surface area contributed by atoms with E-state index in [2.05, 4.69) is 79.4 Å². The van der Waals surface area contributed by atoms with Crippen LogP contribution in [-0.4, -0.2) is 24.4 Å². The standard InChI is InChI=1S/C29H26NO/c1-30(2)26-15-16-27-24(13-14-25(27)20-26)17-21-18-28(22-9-5-3-6-10-22)31-29(19-21)23-11-7-4-8-12-23/h3-12,15-20H,13-14H2,1-2H3/q+1. The molecule has 152 valence electrons.